The Kier molecular flexibility index (Phi) is 6.40. The Bertz CT molecular complexity index is 1020. The number of anilines is 1. The maximum absolute atomic E-state index is 12.6. The molecule has 2 N–H and O–H groups in total. The summed E-state index contributed by atoms with van der Waals surface area (Å²) in [6.45, 7) is 1.67. The molecule has 7 nitrogen and oxygen atoms in total. The van der Waals surface area contributed by atoms with Crippen molar-refractivity contribution in [3.63, 3.8) is 0 Å². The molecule has 1 aliphatic heterocycles. The van der Waals surface area contributed by atoms with Gasteiger partial charge in [0.1, 0.15) is 11.5 Å². The highest BCUT2D eigenvalue weighted by Crippen LogP contribution is 2.25. The minimum absolute atomic E-state index is 0.0288. The number of carbonyl (C=O) groups is 1. The van der Waals surface area contributed by atoms with Gasteiger partial charge in [0.25, 0.3) is 0 Å². The molecule has 0 aliphatic carbocycles. The number of hydrogen-bond acceptors (Lipinski definition) is 5. The summed E-state index contributed by atoms with van der Waals surface area (Å²) < 4.78 is 10.5. The highest BCUT2D eigenvalue weighted by atomic mass is 16.5. The fraction of sp³-hybridized carbons (Fsp3) is 0.333. The van der Waals surface area contributed by atoms with Gasteiger partial charge in [-0.1, -0.05) is 12.1 Å². The van der Waals surface area contributed by atoms with Crippen LogP contribution < -0.4 is 19.7 Å². The molecular formula is C24H28N4O3. The van der Waals surface area contributed by atoms with Crippen molar-refractivity contribution in [2.45, 2.75) is 25.3 Å². The van der Waals surface area contributed by atoms with Crippen molar-refractivity contribution in [2.75, 3.05) is 32.2 Å². The van der Waals surface area contributed by atoms with Crippen molar-refractivity contribution in [3.8, 4) is 22.8 Å². The first kappa shape index (κ1) is 20.8. The van der Waals surface area contributed by atoms with Gasteiger partial charge in [-0.15, -0.1) is 0 Å². The highest BCUT2D eigenvalue weighted by Gasteiger charge is 2.23. The number of amides is 1. The zero-order valence-electron chi connectivity index (χ0n) is 17.9. The molecule has 1 unspecified atom stereocenters. The fourth-order valence-corrected chi connectivity index (χ4v) is 3.94. The molecule has 0 spiro atoms. The van der Waals surface area contributed by atoms with E-state index < -0.39 is 0 Å². The summed E-state index contributed by atoms with van der Waals surface area (Å²) in [7, 11) is 3.29. The normalized spacial score (nSPS) is 16.1. The van der Waals surface area contributed by atoms with Crippen LogP contribution in [-0.4, -0.2) is 49.5 Å². The minimum atomic E-state index is 0.0288. The summed E-state index contributed by atoms with van der Waals surface area (Å²) in [5.74, 6) is 2.52. The van der Waals surface area contributed by atoms with E-state index >= 15 is 0 Å². The molecule has 1 aliphatic rings. The van der Waals surface area contributed by atoms with Gasteiger partial charge in [0.05, 0.1) is 26.3 Å². The number of benzene rings is 2. The molecular weight excluding hydrogens is 392 g/mol. The molecule has 162 valence electrons. The number of hydrogen-bond donors (Lipinski definition) is 2. The van der Waals surface area contributed by atoms with E-state index in [0.29, 0.717) is 6.42 Å². The first-order chi connectivity index (χ1) is 15.1. The smallest absolute Gasteiger partial charge is 0.224 e. The quantitative estimate of drug-likeness (QED) is 0.612. The molecule has 4 rings (SSSR count). The Labute approximate surface area is 182 Å². The average Bonchev–Trinajstić information content (AvgIpc) is 3.30. The summed E-state index contributed by atoms with van der Waals surface area (Å²) >= 11 is 0. The molecule has 1 saturated heterocycles. The van der Waals surface area contributed by atoms with Crippen LogP contribution in [0.3, 0.4) is 0 Å². The Hall–Kier alpha value is -3.48. The second kappa shape index (κ2) is 9.55. The minimum Gasteiger partial charge on any atom is -0.497 e. The van der Waals surface area contributed by atoms with Crippen LogP contribution in [0.2, 0.25) is 0 Å². The molecule has 0 bridgehead atoms. The first-order valence-electron chi connectivity index (χ1n) is 10.5. The third-order valence-electron chi connectivity index (χ3n) is 5.57. The molecule has 31 heavy (non-hydrogen) atoms. The summed E-state index contributed by atoms with van der Waals surface area (Å²) in [6.07, 6.45) is 2.32. The molecule has 3 aromatic rings. The van der Waals surface area contributed by atoms with Gasteiger partial charge in [-0.3, -0.25) is 9.89 Å². The van der Waals surface area contributed by atoms with E-state index in [4.69, 9.17) is 9.47 Å². The van der Waals surface area contributed by atoms with Crippen molar-refractivity contribution in [1.29, 1.82) is 0 Å². The first-order valence-corrected chi connectivity index (χ1v) is 10.5. The van der Waals surface area contributed by atoms with Crippen LogP contribution in [0, 0.1) is 0 Å². The fourth-order valence-electron chi connectivity index (χ4n) is 3.94. The van der Waals surface area contributed by atoms with Crippen LogP contribution >= 0.6 is 0 Å². The zero-order chi connectivity index (χ0) is 21.6. The van der Waals surface area contributed by atoms with E-state index in [1.54, 1.807) is 14.2 Å². The lowest BCUT2D eigenvalue weighted by atomic mass is 10.0. The third-order valence-corrected chi connectivity index (χ3v) is 5.57. The molecule has 0 saturated carbocycles. The molecule has 2 aromatic carbocycles. The zero-order valence-corrected chi connectivity index (χ0v) is 17.9. The predicted octanol–water partition coefficient (Wildman–Crippen LogP) is 3.42. The van der Waals surface area contributed by atoms with Crippen molar-refractivity contribution in [2.24, 2.45) is 0 Å². The number of ether oxygens (including phenoxy) is 2. The number of aromatic amines is 1. The van der Waals surface area contributed by atoms with E-state index in [1.165, 1.54) is 0 Å². The topological polar surface area (TPSA) is 79.5 Å². The number of methoxy groups -OCH3 is 2. The molecule has 0 radical (unpaired) electrons. The monoisotopic (exact) mass is 420 g/mol. The number of piperidine rings is 1. The molecule has 1 amide bonds. The van der Waals surface area contributed by atoms with Gasteiger partial charge in [0.2, 0.25) is 5.91 Å². The van der Waals surface area contributed by atoms with E-state index in [1.807, 2.05) is 48.5 Å². The van der Waals surface area contributed by atoms with Crippen LogP contribution in [0.4, 0.5) is 5.82 Å². The molecule has 2 heterocycles. The SMILES string of the molecule is COc1ccc(-c2cc(N3CCCC(NC(=O)Cc4cccc(OC)c4)C3)n[nH]2)cc1. The summed E-state index contributed by atoms with van der Waals surface area (Å²) in [5.41, 5.74) is 2.96. The van der Waals surface area contributed by atoms with Gasteiger partial charge in [-0.2, -0.15) is 5.10 Å². The average molecular weight is 421 g/mol. The van der Waals surface area contributed by atoms with E-state index in [9.17, 15) is 4.79 Å². The van der Waals surface area contributed by atoms with Crippen molar-refractivity contribution in [3.05, 3.63) is 60.2 Å². The molecule has 1 fully saturated rings. The van der Waals surface area contributed by atoms with Gasteiger partial charge < -0.3 is 19.7 Å². The Morgan fingerprint density at radius 2 is 1.94 bits per heavy atom. The van der Waals surface area contributed by atoms with Crippen LogP contribution in [0.5, 0.6) is 11.5 Å². The summed E-state index contributed by atoms with van der Waals surface area (Å²) in [6, 6.07) is 17.7. The van der Waals surface area contributed by atoms with E-state index in [0.717, 1.165) is 60.1 Å². The number of nitrogens with one attached hydrogen (secondary N) is 2. The van der Waals surface area contributed by atoms with Gasteiger partial charge in [-0.25, -0.2) is 0 Å². The lowest BCUT2D eigenvalue weighted by molar-refractivity contribution is -0.121. The predicted molar refractivity (Wildman–Crippen MR) is 121 cm³/mol. The number of H-pyrrole nitrogens is 1. The van der Waals surface area contributed by atoms with Gasteiger partial charge in [0, 0.05) is 25.2 Å². The number of carbonyl (C=O) groups excluding carboxylic acids is 1. The maximum Gasteiger partial charge on any atom is 0.224 e. The van der Waals surface area contributed by atoms with Crippen molar-refractivity contribution in [1.82, 2.24) is 15.5 Å². The van der Waals surface area contributed by atoms with Gasteiger partial charge in [-0.05, 0) is 60.4 Å². The number of nitrogens with zero attached hydrogens (tertiary/aromatic N) is 2. The molecule has 1 atom stereocenters. The van der Waals surface area contributed by atoms with Crippen LogP contribution in [-0.2, 0) is 11.2 Å². The van der Waals surface area contributed by atoms with Crippen LogP contribution in [0.25, 0.3) is 11.3 Å². The molecule has 1 aromatic heterocycles. The Balaban J connectivity index is 1.36. The number of rotatable bonds is 7. The van der Waals surface area contributed by atoms with Gasteiger partial charge >= 0.3 is 0 Å². The van der Waals surface area contributed by atoms with Crippen molar-refractivity contribution >= 4 is 11.7 Å². The van der Waals surface area contributed by atoms with Gasteiger partial charge in [0.15, 0.2) is 5.82 Å². The van der Waals surface area contributed by atoms with E-state index in [-0.39, 0.29) is 11.9 Å². The summed E-state index contributed by atoms with van der Waals surface area (Å²) in [4.78, 5) is 14.8. The second-order valence-electron chi connectivity index (χ2n) is 7.75. The summed E-state index contributed by atoms with van der Waals surface area (Å²) in [5, 5.41) is 10.8. The van der Waals surface area contributed by atoms with Crippen LogP contribution in [0.15, 0.2) is 54.6 Å². The van der Waals surface area contributed by atoms with Crippen LogP contribution in [0.1, 0.15) is 18.4 Å². The Morgan fingerprint density at radius 3 is 2.71 bits per heavy atom. The maximum atomic E-state index is 12.6. The second-order valence-corrected chi connectivity index (χ2v) is 7.75. The number of aromatic nitrogens is 2. The highest BCUT2D eigenvalue weighted by molar-refractivity contribution is 5.79. The largest absolute Gasteiger partial charge is 0.497 e. The lowest BCUT2D eigenvalue weighted by Crippen LogP contribution is -2.48. The third kappa shape index (κ3) is 5.17. The van der Waals surface area contributed by atoms with Crippen molar-refractivity contribution < 1.29 is 14.3 Å². The Morgan fingerprint density at radius 1 is 1.13 bits per heavy atom. The standard InChI is InChI=1S/C24H28N4O3/c1-30-20-10-8-18(9-11-20)22-15-23(27-26-22)28-12-4-6-19(16-28)25-24(29)14-17-5-3-7-21(13-17)31-2/h3,5,7-11,13,15,19H,4,6,12,14,16H2,1-2H3,(H,25,29)(H,26,27). The lowest BCUT2D eigenvalue weighted by Gasteiger charge is -2.33. The van der Waals surface area contributed by atoms with E-state index in [2.05, 4.69) is 26.5 Å². The molecule has 7 heteroatoms.